The lowest BCUT2D eigenvalue weighted by Crippen LogP contribution is -2.00. The lowest BCUT2D eigenvalue weighted by Gasteiger charge is -2.11. The summed E-state index contributed by atoms with van der Waals surface area (Å²) in [4.78, 5) is 15.5. The zero-order chi connectivity index (χ0) is 36.7. The van der Waals surface area contributed by atoms with Crippen molar-refractivity contribution >= 4 is 76.1 Å². The van der Waals surface area contributed by atoms with E-state index in [1.54, 1.807) is 0 Å². The summed E-state index contributed by atoms with van der Waals surface area (Å²) in [6.07, 6.45) is 0. The van der Waals surface area contributed by atoms with Crippen LogP contribution in [0.4, 0.5) is 0 Å². The third-order valence-corrected chi connectivity index (χ3v) is 11.2. The molecule has 0 fully saturated rings. The molecule has 0 aliphatic heterocycles. The highest BCUT2D eigenvalue weighted by molar-refractivity contribution is 6.19. The molecule has 0 atom stereocenters. The Kier molecular flexibility index (Phi) is 6.56. The summed E-state index contributed by atoms with van der Waals surface area (Å²) in [7, 11) is 0. The lowest BCUT2D eigenvalue weighted by atomic mass is 10.0. The molecule has 9 aromatic carbocycles. The third-order valence-electron chi connectivity index (χ3n) is 11.2. The van der Waals surface area contributed by atoms with Crippen LogP contribution in [0.15, 0.2) is 186 Å². The molecular weight excluding hydrogens is 685 g/mol. The lowest BCUT2D eigenvalue weighted by molar-refractivity contribution is 0.668. The average molecular weight is 715 g/mol. The number of nitrogens with zero attached hydrogens (tertiary/aromatic N) is 4. The van der Waals surface area contributed by atoms with Gasteiger partial charge in [-0.3, -0.25) is 0 Å². The van der Waals surface area contributed by atoms with Crippen LogP contribution in [0.2, 0.25) is 0 Å². The van der Waals surface area contributed by atoms with Crippen LogP contribution < -0.4 is 0 Å². The van der Waals surface area contributed by atoms with Crippen LogP contribution in [-0.2, 0) is 0 Å². The molecule has 12 aromatic rings. The second-order valence-corrected chi connectivity index (χ2v) is 14.4. The predicted molar refractivity (Wildman–Crippen MR) is 230 cm³/mol. The largest absolute Gasteiger partial charge is 0.456 e. The molecule has 0 N–H and O–H groups in total. The Morgan fingerprint density at radius 1 is 0.375 bits per heavy atom. The topological polar surface area (TPSA) is 56.7 Å². The molecule has 0 bridgehead atoms. The minimum Gasteiger partial charge on any atom is -0.456 e. The van der Waals surface area contributed by atoms with Crippen molar-refractivity contribution in [3.8, 4) is 39.9 Å². The van der Waals surface area contributed by atoms with Gasteiger partial charge in [-0.1, -0.05) is 140 Å². The zero-order valence-corrected chi connectivity index (χ0v) is 30.0. The Morgan fingerprint density at radius 3 is 1.70 bits per heavy atom. The first kappa shape index (κ1) is 30.8. The second-order valence-electron chi connectivity index (χ2n) is 14.4. The number of hydrogen-bond donors (Lipinski definition) is 0. The molecule has 0 saturated heterocycles. The maximum Gasteiger partial charge on any atom is 0.164 e. The van der Waals surface area contributed by atoms with Gasteiger partial charge >= 0.3 is 0 Å². The quantitative estimate of drug-likeness (QED) is 0.182. The maximum absolute atomic E-state index is 6.71. The number of furan rings is 1. The highest BCUT2D eigenvalue weighted by atomic mass is 16.3. The summed E-state index contributed by atoms with van der Waals surface area (Å²) < 4.78 is 9.08. The monoisotopic (exact) mass is 714 g/mol. The van der Waals surface area contributed by atoms with Crippen LogP contribution in [0, 0.1) is 0 Å². The van der Waals surface area contributed by atoms with E-state index in [1.807, 2.05) is 12.1 Å². The van der Waals surface area contributed by atoms with Crippen LogP contribution in [0.3, 0.4) is 0 Å². The van der Waals surface area contributed by atoms with Gasteiger partial charge in [0.15, 0.2) is 17.5 Å². The van der Waals surface area contributed by atoms with E-state index in [2.05, 4.69) is 174 Å². The number of fused-ring (bicyclic) bond motifs is 10. The van der Waals surface area contributed by atoms with Crippen molar-refractivity contribution in [2.24, 2.45) is 0 Å². The Labute approximate surface area is 320 Å². The average Bonchev–Trinajstić information content (AvgIpc) is 3.81. The molecule has 3 aromatic heterocycles. The van der Waals surface area contributed by atoms with Crippen LogP contribution in [-0.4, -0.2) is 19.5 Å². The van der Waals surface area contributed by atoms with Crippen molar-refractivity contribution in [1.82, 2.24) is 19.5 Å². The molecule has 12 rings (SSSR count). The fourth-order valence-electron chi connectivity index (χ4n) is 8.55. The van der Waals surface area contributed by atoms with Gasteiger partial charge < -0.3 is 8.98 Å². The van der Waals surface area contributed by atoms with Gasteiger partial charge in [-0.05, 0) is 63.3 Å². The molecule has 5 heteroatoms. The summed E-state index contributed by atoms with van der Waals surface area (Å²) in [6.45, 7) is 0. The zero-order valence-electron chi connectivity index (χ0n) is 30.0. The van der Waals surface area contributed by atoms with Gasteiger partial charge in [0.05, 0.1) is 11.0 Å². The van der Waals surface area contributed by atoms with Crippen molar-refractivity contribution in [2.75, 3.05) is 0 Å². The molecule has 0 spiro atoms. The van der Waals surface area contributed by atoms with E-state index in [0.29, 0.717) is 17.5 Å². The smallest absolute Gasteiger partial charge is 0.164 e. The molecule has 0 saturated carbocycles. The highest BCUT2D eigenvalue weighted by Gasteiger charge is 2.20. The summed E-state index contributed by atoms with van der Waals surface area (Å²) >= 11 is 0. The van der Waals surface area contributed by atoms with Gasteiger partial charge in [0.25, 0.3) is 0 Å². The van der Waals surface area contributed by atoms with Crippen molar-refractivity contribution < 1.29 is 4.42 Å². The maximum atomic E-state index is 6.71. The minimum absolute atomic E-state index is 0.595. The molecule has 0 unspecified atom stereocenters. The Bertz CT molecular complexity index is 3460. The van der Waals surface area contributed by atoms with Gasteiger partial charge in [-0.15, -0.1) is 0 Å². The molecule has 5 nitrogen and oxygen atoms in total. The fraction of sp³-hybridized carbons (Fsp3) is 0. The van der Waals surface area contributed by atoms with Crippen molar-refractivity contribution in [2.45, 2.75) is 0 Å². The normalized spacial score (nSPS) is 11.9. The van der Waals surface area contributed by atoms with Crippen molar-refractivity contribution in [1.29, 1.82) is 0 Å². The van der Waals surface area contributed by atoms with E-state index in [4.69, 9.17) is 19.4 Å². The van der Waals surface area contributed by atoms with Crippen LogP contribution in [0.25, 0.3) is 116 Å². The van der Waals surface area contributed by atoms with E-state index in [9.17, 15) is 0 Å². The number of aromatic nitrogens is 4. The molecular formula is C51H30N4O. The first-order chi connectivity index (χ1) is 27.7. The van der Waals surface area contributed by atoms with Crippen LogP contribution >= 0.6 is 0 Å². The minimum atomic E-state index is 0.595. The van der Waals surface area contributed by atoms with E-state index >= 15 is 0 Å². The van der Waals surface area contributed by atoms with Gasteiger partial charge in [0.1, 0.15) is 11.2 Å². The Hall–Kier alpha value is -7.63. The SMILES string of the molecule is c1ccc2cc(-c3nc(-c4ccc5ccccc5c4)nc(-c4cccc5oc6cc(-n7c8ccccc8c8ccc9ccccc9c87)ccc6c45)n3)ccc2c1. The van der Waals surface area contributed by atoms with E-state index in [0.717, 1.165) is 60.6 Å². The van der Waals surface area contributed by atoms with Crippen molar-refractivity contribution in [3.05, 3.63) is 182 Å². The van der Waals surface area contributed by atoms with E-state index < -0.39 is 0 Å². The first-order valence-corrected chi connectivity index (χ1v) is 18.8. The summed E-state index contributed by atoms with van der Waals surface area (Å²) in [5.74, 6) is 1.83. The van der Waals surface area contributed by atoms with Gasteiger partial charge in [-0.2, -0.15) is 0 Å². The highest BCUT2D eigenvalue weighted by Crippen LogP contribution is 2.41. The number of hydrogen-bond acceptors (Lipinski definition) is 4. The molecule has 56 heavy (non-hydrogen) atoms. The van der Waals surface area contributed by atoms with Gasteiger partial charge in [0.2, 0.25) is 0 Å². The molecule has 0 amide bonds. The van der Waals surface area contributed by atoms with E-state index in [-0.39, 0.29) is 0 Å². The standard InChI is InChI=1S/C51H30N4O/c1-3-13-34-28-36(22-20-31(34)10-1)49-52-50(37-23-21-32-11-2-4-14-35(32)29-37)54-51(53-49)43-17-9-19-45-47(43)42-27-25-38(30-46(42)56-45)55-44-18-8-7-16-40(44)41-26-24-33-12-5-6-15-39(33)48(41)55/h1-30H. The van der Waals surface area contributed by atoms with E-state index in [1.165, 1.54) is 37.8 Å². The van der Waals surface area contributed by atoms with Crippen LogP contribution in [0.5, 0.6) is 0 Å². The number of benzene rings is 9. The fourth-order valence-corrected chi connectivity index (χ4v) is 8.55. The Balaban J connectivity index is 1.08. The van der Waals surface area contributed by atoms with Crippen molar-refractivity contribution in [3.63, 3.8) is 0 Å². The predicted octanol–water partition coefficient (Wildman–Crippen LogP) is 13.3. The third kappa shape index (κ3) is 4.71. The summed E-state index contributed by atoms with van der Waals surface area (Å²) in [5, 5.41) is 11.5. The summed E-state index contributed by atoms with van der Waals surface area (Å²) in [5.41, 5.74) is 7.72. The van der Waals surface area contributed by atoms with Crippen LogP contribution in [0.1, 0.15) is 0 Å². The molecule has 0 radical (unpaired) electrons. The molecule has 0 aliphatic rings. The van der Waals surface area contributed by atoms with Gasteiger partial charge in [0, 0.05) is 55.4 Å². The van der Waals surface area contributed by atoms with Gasteiger partial charge in [-0.25, -0.2) is 15.0 Å². The number of para-hydroxylation sites is 1. The first-order valence-electron chi connectivity index (χ1n) is 18.8. The molecule has 3 heterocycles. The summed E-state index contributed by atoms with van der Waals surface area (Å²) in [6, 6.07) is 63.9. The second kappa shape index (κ2) is 11.9. The Morgan fingerprint density at radius 2 is 0.964 bits per heavy atom. The number of rotatable bonds is 4. The molecule has 260 valence electrons. The molecule has 0 aliphatic carbocycles.